The smallest absolute Gasteiger partial charge is 0.233 e. The maximum atomic E-state index is 13.4. The number of carbonyl (C=O) groups excluding carboxylic acids is 1. The van der Waals surface area contributed by atoms with Crippen LogP contribution in [0.5, 0.6) is 0 Å². The lowest BCUT2D eigenvalue weighted by atomic mass is 9.82. The Labute approximate surface area is 147 Å². The second-order valence-electron chi connectivity index (χ2n) is 7.17. The number of fused-ring (bicyclic) bond motifs is 1. The fraction of sp³-hybridized carbons (Fsp3) is 0.500. The molecule has 1 saturated heterocycles. The molecule has 7 heteroatoms. The molecule has 136 valence electrons. The molecule has 0 saturated carbocycles. The number of hydrogen-bond acceptors (Lipinski definition) is 3. The molecule has 1 amide bonds. The van der Waals surface area contributed by atoms with Crippen molar-refractivity contribution < 1.29 is 17.6 Å². The average Bonchev–Trinajstić information content (AvgIpc) is 3.11. The van der Waals surface area contributed by atoms with E-state index in [1.165, 1.54) is 12.1 Å². The van der Waals surface area contributed by atoms with Crippen LogP contribution in [-0.2, 0) is 20.0 Å². The summed E-state index contributed by atoms with van der Waals surface area (Å²) in [5.41, 5.74) is 0.576. The van der Waals surface area contributed by atoms with Crippen molar-refractivity contribution in [2.75, 3.05) is 18.1 Å². The molecule has 1 unspecified atom stereocenters. The second kappa shape index (κ2) is 6.12. The highest BCUT2D eigenvalue weighted by Gasteiger charge is 2.41. The van der Waals surface area contributed by atoms with Crippen molar-refractivity contribution in [3.8, 4) is 0 Å². The van der Waals surface area contributed by atoms with E-state index in [0.717, 1.165) is 10.9 Å². The van der Waals surface area contributed by atoms with E-state index in [9.17, 15) is 17.6 Å². The number of carbonyl (C=O) groups is 1. The maximum Gasteiger partial charge on any atom is 0.233 e. The number of sulfone groups is 1. The Morgan fingerprint density at radius 2 is 2.12 bits per heavy atom. The highest BCUT2D eigenvalue weighted by Crippen LogP contribution is 2.34. The van der Waals surface area contributed by atoms with Gasteiger partial charge in [0, 0.05) is 29.7 Å². The number of aromatic amines is 1. The van der Waals surface area contributed by atoms with Gasteiger partial charge in [-0.1, -0.05) is 0 Å². The third-order valence-corrected chi connectivity index (χ3v) is 6.85. The van der Waals surface area contributed by atoms with Crippen LogP contribution < -0.4 is 0 Å². The Bertz CT molecular complexity index is 918. The number of nitrogens with one attached hydrogen (secondary N) is 1. The minimum Gasteiger partial charge on any atom is -0.361 e. The lowest BCUT2D eigenvalue weighted by Crippen LogP contribution is -2.49. The molecule has 0 spiro atoms. The summed E-state index contributed by atoms with van der Waals surface area (Å²) in [6.45, 7) is 5.98. The van der Waals surface area contributed by atoms with Crippen LogP contribution in [0.1, 0.15) is 32.8 Å². The predicted octanol–water partition coefficient (Wildman–Crippen LogP) is 2.62. The van der Waals surface area contributed by atoms with Gasteiger partial charge >= 0.3 is 0 Å². The number of likely N-dealkylation sites (N-methyl/N-ethyl adjacent to an activating group) is 1. The van der Waals surface area contributed by atoms with E-state index < -0.39 is 15.3 Å². The summed E-state index contributed by atoms with van der Waals surface area (Å²) in [4.78, 5) is 17.9. The quantitative estimate of drug-likeness (QED) is 0.904. The van der Waals surface area contributed by atoms with E-state index in [1.54, 1.807) is 17.2 Å². The van der Waals surface area contributed by atoms with Gasteiger partial charge < -0.3 is 9.88 Å². The van der Waals surface area contributed by atoms with Crippen molar-refractivity contribution in [3.63, 3.8) is 0 Å². The van der Waals surface area contributed by atoms with Gasteiger partial charge in [-0.2, -0.15) is 0 Å². The van der Waals surface area contributed by atoms with Crippen LogP contribution in [0.3, 0.4) is 0 Å². The first-order valence-corrected chi connectivity index (χ1v) is 10.3. The minimum absolute atomic E-state index is 0.0295. The normalized spacial score (nSPS) is 20.1. The highest BCUT2D eigenvalue weighted by atomic mass is 32.2. The Balaban J connectivity index is 1.95. The topological polar surface area (TPSA) is 70.2 Å². The molecular weight excluding hydrogens is 343 g/mol. The number of hydrogen-bond donors (Lipinski definition) is 1. The van der Waals surface area contributed by atoms with Crippen LogP contribution in [0.4, 0.5) is 4.39 Å². The number of H-pyrrole nitrogens is 1. The van der Waals surface area contributed by atoms with Gasteiger partial charge in [0.15, 0.2) is 9.84 Å². The number of benzene rings is 1. The molecule has 5 nitrogen and oxygen atoms in total. The van der Waals surface area contributed by atoms with Crippen molar-refractivity contribution >= 4 is 26.6 Å². The number of rotatable bonds is 4. The zero-order valence-corrected chi connectivity index (χ0v) is 15.5. The second-order valence-corrected chi connectivity index (χ2v) is 9.39. The van der Waals surface area contributed by atoms with Gasteiger partial charge in [0.2, 0.25) is 5.91 Å². The maximum absolute atomic E-state index is 13.4. The van der Waals surface area contributed by atoms with Crippen molar-refractivity contribution in [1.29, 1.82) is 0 Å². The zero-order valence-electron chi connectivity index (χ0n) is 14.7. The molecule has 1 atom stereocenters. The van der Waals surface area contributed by atoms with Crippen molar-refractivity contribution in [1.82, 2.24) is 9.88 Å². The van der Waals surface area contributed by atoms with E-state index in [1.807, 2.05) is 20.8 Å². The zero-order chi connectivity index (χ0) is 18.4. The predicted molar refractivity (Wildman–Crippen MR) is 95.7 cm³/mol. The molecule has 0 bridgehead atoms. The van der Waals surface area contributed by atoms with E-state index >= 15 is 0 Å². The largest absolute Gasteiger partial charge is 0.361 e. The Morgan fingerprint density at radius 1 is 1.40 bits per heavy atom. The SMILES string of the molecule is CCN(C(=O)C(C)(C)c1c[nH]c2cc(F)ccc12)C1CCS(=O)(=O)C1. The van der Waals surface area contributed by atoms with Crippen LogP contribution in [0, 0.1) is 5.82 Å². The summed E-state index contributed by atoms with van der Waals surface area (Å²) in [5.74, 6) is -0.283. The van der Waals surface area contributed by atoms with E-state index in [2.05, 4.69) is 4.98 Å². The van der Waals surface area contributed by atoms with Gasteiger partial charge in [0.1, 0.15) is 5.82 Å². The molecule has 3 rings (SSSR count). The fourth-order valence-electron chi connectivity index (χ4n) is 3.68. The molecule has 1 N–H and O–H groups in total. The summed E-state index contributed by atoms with van der Waals surface area (Å²) in [5, 5.41) is 0.801. The molecule has 0 radical (unpaired) electrons. The minimum atomic E-state index is -3.06. The highest BCUT2D eigenvalue weighted by molar-refractivity contribution is 7.91. The Morgan fingerprint density at radius 3 is 2.72 bits per heavy atom. The first kappa shape index (κ1) is 17.9. The van der Waals surface area contributed by atoms with Gasteiger partial charge in [0.05, 0.1) is 16.9 Å². The lowest BCUT2D eigenvalue weighted by Gasteiger charge is -2.34. The Kier molecular flexibility index (Phi) is 4.39. The summed E-state index contributed by atoms with van der Waals surface area (Å²) in [6, 6.07) is 4.17. The standard InChI is InChI=1S/C18H23FN2O3S/c1-4-21(13-7-8-25(23,24)11-13)17(22)18(2,3)15-10-20-16-9-12(19)5-6-14(15)16/h5-6,9-10,13,20H,4,7-8,11H2,1-3H3. The van der Waals surface area contributed by atoms with Crippen LogP contribution in [0.2, 0.25) is 0 Å². The van der Waals surface area contributed by atoms with Crippen LogP contribution in [-0.4, -0.2) is 48.3 Å². The summed E-state index contributed by atoms with van der Waals surface area (Å²) < 4.78 is 37.0. The third-order valence-electron chi connectivity index (χ3n) is 5.10. The van der Waals surface area contributed by atoms with Gasteiger partial charge in [-0.15, -0.1) is 0 Å². The molecule has 1 fully saturated rings. The first-order valence-electron chi connectivity index (χ1n) is 8.44. The summed E-state index contributed by atoms with van der Waals surface area (Å²) >= 11 is 0. The molecule has 1 aromatic carbocycles. The van der Waals surface area contributed by atoms with Crippen molar-refractivity contribution in [2.45, 2.75) is 38.6 Å². The van der Waals surface area contributed by atoms with Crippen molar-refractivity contribution in [3.05, 3.63) is 35.8 Å². The molecule has 2 aromatic rings. The summed E-state index contributed by atoms with van der Waals surface area (Å²) in [6.07, 6.45) is 2.22. The van der Waals surface area contributed by atoms with Crippen LogP contribution in [0.15, 0.2) is 24.4 Å². The number of amides is 1. The molecular formula is C18H23FN2O3S. The number of nitrogens with zero attached hydrogens (tertiary/aromatic N) is 1. The van der Waals surface area contributed by atoms with Crippen molar-refractivity contribution in [2.24, 2.45) is 0 Å². The van der Waals surface area contributed by atoms with E-state index in [0.29, 0.717) is 18.5 Å². The molecule has 2 heterocycles. The monoisotopic (exact) mass is 366 g/mol. The molecule has 1 aliphatic rings. The Hall–Kier alpha value is -1.89. The average molecular weight is 366 g/mol. The van der Waals surface area contributed by atoms with E-state index in [-0.39, 0.29) is 29.3 Å². The van der Waals surface area contributed by atoms with Gasteiger partial charge in [0.25, 0.3) is 0 Å². The third kappa shape index (κ3) is 3.17. The molecule has 1 aromatic heterocycles. The van der Waals surface area contributed by atoms with Gasteiger partial charge in [-0.3, -0.25) is 4.79 Å². The molecule has 0 aliphatic carbocycles. The van der Waals surface area contributed by atoms with Gasteiger partial charge in [-0.25, -0.2) is 12.8 Å². The first-order chi connectivity index (χ1) is 11.7. The fourth-order valence-corrected chi connectivity index (χ4v) is 5.41. The van der Waals surface area contributed by atoms with Gasteiger partial charge in [-0.05, 0) is 51.0 Å². The molecule has 25 heavy (non-hydrogen) atoms. The van der Waals surface area contributed by atoms with Crippen LogP contribution >= 0.6 is 0 Å². The summed E-state index contributed by atoms with van der Waals surface area (Å²) in [7, 11) is -3.06. The number of halogens is 1. The van der Waals surface area contributed by atoms with Crippen LogP contribution in [0.25, 0.3) is 10.9 Å². The number of aromatic nitrogens is 1. The van der Waals surface area contributed by atoms with E-state index in [4.69, 9.17) is 0 Å². The lowest BCUT2D eigenvalue weighted by molar-refractivity contribution is -0.137. The molecule has 1 aliphatic heterocycles.